The molecule has 9 heteroatoms. The molecule has 0 aliphatic heterocycles. The zero-order chi connectivity index (χ0) is 23.1. The van der Waals surface area contributed by atoms with Gasteiger partial charge in [0.05, 0.1) is 18.7 Å². The predicted molar refractivity (Wildman–Crippen MR) is 129 cm³/mol. The van der Waals surface area contributed by atoms with E-state index in [1.807, 2.05) is 36.4 Å². The van der Waals surface area contributed by atoms with E-state index in [0.717, 1.165) is 21.1 Å². The van der Waals surface area contributed by atoms with E-state index in [1.165, 1.54) is 6.33 Å². The molecule has 0 atom stereocenters. The molecule has 1 aromatic heterocycles. The van der Waals surface area contributed by atoms with Gasteiger partial charge in [0.25, 0.3) is 5.91 Å². The molecule has 0 radical (unpaired) electrons. The highest BCUT2D eigenvalue weighted by atomic mass is 79.9. The van der Waals surface area contributed by atoms with Crippen LogP contribution in [0.15, 0.2) is 65.4 Å². The average molecular weight is 498 g/mol. The highest BCUT2D eigenvalue weighted by Crippen LogP contribution is 2.27. The van der Waals surface area contributed by atoms with Crippen LogP contribution in [0.5, 0.6) is 0 Å². The Morgan fingerprint density at radius 2 is 1.94 bits per heavy atom. The topological polar surface area (TPSA) is 96.5 Å². The Morgan fingerprint density at radius 3 is 2.69 bits per heavy atom. The minimum absolute atomic E-state index is 0.0814. The lowest BCUT2D eigenvalue weighted by molar-refractivity contribution is -0.144. The third kappa shape index (κ3) is 6.35. The first kappa shape index (κ1) is 23.4. The number of rotatable bonds is 9. The summed E-state index contributed by atoms with van der Waals surface area (Å²) in [4.78, 5) is 34.5. The number of anilines is 3. The number of fused-ring (bicyclic) bond motifs is 1. The van der Waals surface area contributed by atoms with Crippen LogP contribution < -0.4 is 10.6 Å². The maximum absolute atomic E-state index is 12.6. The van der Waals surface area contributed by atoms with E-state index in [-0.39, 0.29) is 25.0 Å². The van der Waals surface area contributed by atoms with Crippen molar-refractivity contribution in [2.24, 2.45) is 0 Å². The van der Waals surface area contributed by atoms with Gasteiger partial charge in [-0.15, -0.1) is 0 Å². The summed E-state index contributed by atoms with van der Waals surface area (Å²) in [7, 11) is 1.72. The minimum atomic E-state index is -0.344. The molecule has 2 aromatic carbocycles. The molecule has 0 aliphatic rings. The van der Waals surface area contributed by atoms with Crippen LogP contribution in [0.3, 0.4) is 0 Å². The lowest BCUT2D eigenvalue weighted by Gasteiger charge is -2.17. The first-order chi connectivity index (χ1) is 15.4. The SMILES string of the molecule is C=C(CN(C)CC(=O)OCC)C(=O)Nc1ccc2ncnc(Nc3cccc(Br)c3)c2c1. The van der Waals surface area contributed by atoms with Crippen LogP contribution in [-0.2, 0) is 14.3 Å². The fourth-order valence-corrected chi connectivity index (χ4v) is 3.44. The summed E-state index contributed by atoms with van der Waals surface area (Å²) < 4.78 is 5.86. The Labute approximate surface area is 194 Å². The molecule has 8 nitrogen and oxygen atoms in total. The standard InChI is InChI=1S/C23H24BrN5O3/c1-4-32-21(30)13-29(3)12-15(2)23(31)28-18-8-9-20-19(11-18)22(26-14-25-20)27-17-7-5-6-16(24)10-17/h5-11,14H,2,4,12-13H2,1,3H3,(H,28,31)(H,25,26,27). The molecule has 0 spiro atoms. The van der Waals surface area contributed by atoms with Gasteiger partial charge in [-0.1, -0.05) is 28.6 Å². The molecule has 1 amide bonds. The van der Waals surface area contributed by atoms with Crippen LogP contribution in [0.25, 0.3) is 10.9 Å². The maximum atomic E-state index is 12.6. The van der Waals surface area contributed by atoms with E-state index in [2.05, 4.69) is 43.1 Å². The second kappa shape index (κ2) is 10.8. The van der Waals surface area contributed by atoms with Crippen molar-refractivity contribution in [1.82, 2.24) is 14.9 Å². The van der Waals surface area contributed by atoms with Gasteiger partial charge in [0.2, 0.25) is 0 Å². The molecule has 0 unspecified atom stereocenters. The van der Waals surface area contributed by atoms with Gasteiger partial charge in [0.1, 0.15) is 12.1 Å². The summed E-state index contributed by atoms with van der Waals surface area (Å²) in [5.41, 5.74) is 2.52. The van der Waals surface area contributed by atoms with E-state index < -0.39 is 0 Å². The summed E-state index contributed by atoms with van der Waals surface area (Å²) in [5, 5.41) is 6.89. The van der Waals surface area contributed by atoms with E-state index in [0.29, 0.717) is 23.7 Å². The van der Waals surface area contributed by atoms with Crippen molar-refractivity contribution in [2.45, 2.75) is 6.92 Å². The van der Waals surface area contributed by atoms with Crippen LogP contribution in [-0.4, -0.2) is 53.5 Å². The van der Waals surface area contributed by atoms with Crippen molar-refractivity contribution >= 4 is 55.9 Å². The average Bonchev–Trinajstić information content (AvgIpc) is 2.74. The largest absolute Gasteiger partial charge is 0.465 e. The first-order valence-electron chi connectivity index (χ1n) is 9.96. The van der Waals surface area contributed by atoms with Crippen molar-refractivity contribution in [2.75, 3.05) is 37.4 Å². The number of esters is 1. The molecule has 32 heavy (non-hydrogen) atoms. The van der Waals surface area contributed by atoms with Gasteiger partial charge in [-0.25, -0.2) is 9.97 Å². The second-order valence-corrected chi connectivity index (χ2v) is 8.04. The number of likely N-dealkylation sites (N-methyl/N-ethyl adjacent to an activating group) is 1. The molecule has 0 aliphatic carbocycles. The number of carbonyl (C=O) groups is 2. The molecule has 2 N–H and O–H groups in total. The van der Waals surface area contributed by atoms with Crippen molar-refractivity contribution in [3.05, 3.63) is 65.4 Å². The van der Waals surface area contributed by atoms with E-state index in [4.69, 9.17) is 4.74 Å². The van der Waals surface area contributed by atoms with E-state index >= 15 is 0 Å². The van der Waals surface area contributed by atoms with Crippen LogP contribution in [0.1, 0.15) is 6.92 Å². The molecule has 3 rings (SSSR count). The zero-order valence-corrected chi connectivity index (χ0v) is 19.5. The third-order valence-corrected chi connectivity index (χ3v) is 4.96. The molecule has 3 aromatic rings. The van der Waals surface area contributed by atoms with Crippen molar-refractivity contribution in [3.63, 3.8) is 0 Å². The summed E-state index contributed by atoms with van der Waals surface area (Å²) in [6, 6.07) is 13.1. The van der Waals surface area contributed by atoms with Gasteiger partial charge in [-0.2, -0.15) is 0 Å². The molecule has 0 bridgehead atoms. The number of hydrogen-bond acceptors (Lipinski definition) is 7. The number of carbonyl (C=O) groups excluding carboxylic acids is 2. The number of ether oxygens (including phenoxy) is 1. The van der Waals surface area contributed by atoms with Gasteiger partial charge in [0.15, 0.2) is 0 Å². The smallest absolute Gasteiger partial charge is 0.320 e. The molecular formula is C23H24BrN5O3. The normalized spacial score (nSPS) is 10.8. The fraction of sp³-hybridized carbons (Fsp3) is 0.217. The summed E-state index contributed by atoms with van der Waals surface area (Å²) in [6.07, 6.45) is 1.49. The Morgan fingerprint density at radius 1 is 1.12 bits per heavy atom. The number of nitrogens with zero attached hydrogens (tertiary/aromatic N) is 3. The Balaban J connectivity index is 1.71. The van der Waals surface area contributed by atoms with Crippen molar-refractivity contribution < 1.29 is 14.3 Å². The van der Waals surface area contributed by atoms with Crippen LogP contribution >= 0.6 is 15.9 Å². The summed E-state index contributed by atoms with van der Waals surface area (Å²) in [5.74, 6) is -0.0567. The highest BCUT2D eigenvalue weighted by Gasteiger charge is 2.14. The third-order valence-electron chi connectivity index (χ3n) is 4.47. The molecule has 0 fully saturated rings. The summed E-state index contributed by atoms with van der Waals surface area (Å²) >= 11 is 3.46. The maximum Gasteiger partial charge on any atom is 0.320 e. The molecular weight excluding hydrogens is 474 g/mol. The molecule has 0 saturated carbocycles. The van der Waals surface area contributed by atoms with E-state index in [1.54, 1.807) is 24.9 Å². The molecule has 166 valence electrons. The van der Waals surface area contributed by atoms with Gasteiger partial charge in [-0.05, 0) is 50.4 Å². The number of halogens is 1. The van der Waals surface area contributed by atoms with Crippen LogP contribution in [0.4, 0.5) is 17.2 Å². The Bertz CT molecular complexity index is 1150. The number of benzene rings is 2. The van der Waals surface area contributed by atoms with Gasteiger partial charge >= 0.3 is 5.97 Å². The Hall–Kier alpha value is -3.30. The minimum Gasteiger partial charge on any atom is -0.465 e. The quantitative estimate of drug-likeness (QED) is 0.338. The van der Waals surface area contributed by atoms with Crippen LogP contribution in [0, 0.1) is 0 Å². The van der Waals surface area contributed by atoms with Crippen molar-refractivity contribution in [3.8, 4) is 0 Å². The molecule has 1 heterocycles. The monoisotopic (exact) mass is 497 g/mol. The fourth-order valence-electron chi connectivity index (χ4n) is 3.04. The number of hydrogen-bond donors (Lipinski definition) is 2. The molecule has 0 saturated heterocycles. The second-order valence-electron chi connectivity index (χ2n) is 7.12. The lowest BCUT2D eigenvalue weighted by atomic mass is 10.2. The highest BCUT2D eigenvalue weighted by molar-refractivity contribution is 9.10. The Kier molecular flexibility index (Phi) is 7.91. The zero-order valence-electron chi connectivity index (χ0n) is 17.9. The number of nitrogens with one attached hydrogen (secondary N) is 2. The first-order valence-corrected chi connectivity index (χ1v) is 10.8. The predicted octanol–water partition coefficient (Wildman–Crippen LogP) is 4.13. The van der Waals surface area contributed by atoms with Crippen molar-refractivity contribution in [1.29, 1.82) is 0 Å². The number of aromatic nitrogens is 2. The van der Waals surface area contributed by atoms with Crippen LogP contribution in [0.2, 0.25) is 0 Å². The summed E-state index contributed by atoms with van der Waals surface area (Å²) in [6.45, 7) is 6.22. The number of amides is 1. The van der Waals surface area contributed by atoms with Gasteiger partial charge in [-0.3, -0.25) is 14.5 Å². The van der Waals surface area contributed by atoms with E-state index in [9.17, 15) is 9.59 Å². The van der Waals surface area contributed by atoms with Gasteiger partial charge in [0, 0.05) is 33.4 Å². The lowest BCUT2D eigenvalue weighted by Crippen LogP contribution is -2.31. The van der Waals surface area contributed by atoms with Gasteiger partial charge < -0.3 is 15.4 Å².